The Morgan fingerprint density at radius 1 is 1.43 bits per heavy atom. The van der Waals surface area contributed by atoms with Crippen LogP contribution in [0.25, 0.3) is 6.08 Å². The van der Waals surface area contributed by atoms with Gasteiger partial charge in [0.15, 0.2) is 0 Å². The van der Waals surface area contributed by atoms with Gasteiger partial charge in [-0.15, -0.1) is 0 Å². The highest BCUT2D eigenvalue weighted by atomic mass is 16.1. The van der Waals surface area contributed by atoms with Gasteiger partial charge in [0.2, 0.25) is 0 Å². The molecule has 0 N–H and O–H groups in total. The minimum Gasteiger partial charge on any atom is -0.315 e. The van der Waals surface area contributed by atoms with Gasteiger partial charge < -0.3 is 9.36 Å². The van der Waals surface area contributed by atoms with Gasteiger partial charge in [-0.1, -0.05) is 12.7 Å². The summed E-state index contributed by atoms with van der Waals surface area (Å²) in [6, 6.07) is 3.24. The number of pyridine rings is 1. The van der Waals surface area contributed by atoms with Crippen LogP contribution in [0.1, 0.15) is 18.4 Å². The van der Waals surface area contributed by atoms with E-state index in [1.54, 1.807) is 22.9 Å². The first-order valence-electron chi connectivity index (χ1n) is 4.54. The Balaban J connectivity index is 2.78. The summed E-state index contributed by atoms with van der Waals surface area (Å²) in [5, 5.41) is 0. The van der Waals surface area contributed by atoms with Crippen LogP contribution in [0, 0.1) is 0 Å². The molecule has 0 aromatic carbocycles. The largest absolute Gasteiger partial charge is 0.315 e. The van der Waals surface area contributed by atoms with Crippen LogP contribution in [0.2, 0.25) is 0 Å². The molecule has 0 unspecified atom stereocenters. The van der Waals surface area contributed by atoms with Crippen LogP contribution in [0.3, 0.4) is 0 Å². The number of aldehydes is 1. The molecule has 0 aliphatic rings. The standard InChI is InChI=1S/C11H13NO2/c1-2-10-5-6-11(14)12(9-10)7-3-4-8-13/h2,5-6,8-9H,1,3-4,7H2. The van der Waals surface area contributed by atoms with Crippen molar-refractivity contribution in [3.8, 4) is 0 Å². The van der Waals surface area contributed by atoms with Crippen LogP contribution in [-0.4, -0.2) is 10.9 Å². The summed E-state index contributed by atoms with van der Waals surface area (Å²) in [5.74, 6) is 0. The summed E-state index contributed by atoms with van der Waals surface area (Å²) >= 11 is 0. The molecule has 1 aromatic heterocycles. The first-order chi connectivity index (χ1) is 6.77. The highest BCUT2D eigenvalue weighted by molar-refractivity contribution is 5.49. The lowest BCUT2D eigenvalue weighted by molar-refractivity contribution is -0.107. The molecule has 0 aliphatic carbocycles. The molecule has 1 rings (SSSR count). The number of unbranched alkanes of at least 4 members (excludes halogenated alkanes) is 1. The van der Waals surface area contributed by atoms with Gasteiger partial charge in [-0.2, -0.15) is 0 Å². The fraction of sp³-hybridized carbons (Fsp3) is 0.273. The van der Waals surface area contributed by atoms with Crippen molar-refractivity contribution in [2.45, 2.75) is 19.4 Å². The van der Waals surface area contributed by atoms with Crippen molar-refractivity contribution < 1.29 is 4.79 Å². The maximum atomic E-state index is 11.3. The minimum atomic E-state index is -0.0403. The third kappa shape index (κ3) is 2.69. The smallest absolute Gasteiger partial charge is 0.250 e. The van der Waals surface area contributed by atoms with Crippen molar-refractivity contribution >= 4 is 12.4 Å². The van der Waals surface area contributed by atoms with E-state index in [0.717, 1.165) is 11.8 Å². The van der Waals surface area contributed by atoms with Crippen molar-refractivity contribution in [1.29, 1.82) is 0 Å². The van der Waals surface area contributed by atoms with Crippen LogP contribution in [0.15, 0.2) is 29.7 Å². The summed E-state index contributed by atoms with van der Waals surface area (Å²) in [6.07, 6.45) is 5.49. The van der Waals surface area contributed by atoms with Crippen LogP contribution in [0.4, 0.5) is 0 Å². The van der Waals surface area contributed by atoms with E-state index >= 15 is 0 Å². The molecule has 0 fully saturated rings. The normalized spacial score (nSPS) is 9.71. The molecule has 14 heavy (non-hydrogen) atoms. The Bertz CT molecular complexity index is 379. The number of aryl methyl sites for hydroxylation is 1. The van der Waals surface area contributed by atoms with Crippen LogP contribution < -0.4 is 5.56 Å². The molecule has 0 radical (unpaired) electrons. The van der Waals surface area contributed by atoms with Crippen molar-refractivity contribution in [2.24, 2.45) is 0 Å². The van der Waals surface area contributed by atoms with E-state index in [1.165, 1.54) is 6.07 Å². The Morgan fingerprint density at radius 3 is 2.86 bits per heavy atom. The van der Waals surface area contributed by atoms with Crippen LogP contribution >= 0.6 is 0 Å². The van der Waals surface area contributed by atoms with Gasteiger partial charge in [0.25, 0.3) is 5.56 Å². The van der Waals surface area contributed by atoms with Crippen molar-refractivity contribution in [2.75, 3.05) is 0 Å². The zero-order valence-corrected chi connectivity index (χ0v) is 7.98. The molecule has 0 saturated heterocycles. The molecule has 1 heterocycles. The number of nitrogens with zero attached hydrogens (tertiary/aromatic N) is 1. The van der Waals surface area contributed by atoms with Gasteiger partial charge in [0, 0.05) is 25.2 Å². The SMILES string of the molecule is C=Cc1ccc(=O)n(CCCC=O)c1. The quantitative estimate of drug-likeness (QED) is 0.522. The average Bonchev–Trinajstić information content (AvgIpc) is 2.21. The lowest BCUT2D eigenvalue weighted by Crippen LogP contribution is -2.18. The minimum absolute atomic E-state index is 0.0403. The Labute approximate surface area is 82.7 Å². The molecule has 0 bridgehead atoms. The van der Waals surface area contributed by atoms with Crippen LogP contribution in [0.5, 0.6) is 0 Å². The van der Waals surface area contributed by atoms with Gasteiger partial charge in [-0.3, -0.25) is 4.79 Å². The molecule has 0 atom stereocenters. The number of hydrogen-bond donors (Lipinski definition) is 0. The summed E-state index contributed by atoms with van der Waals surface area (Å²) < 4.78 is 1.60. The summed E-state index contributed by atoms with van der Waals surface area (Å²) in [6.45, 7) is 4.21. The number of aromatic nitrogens is 1. The molecular formula is C11H13NO2. The van der Waals surface area contributed by atoms with E-state index in [0.29, 0.717) is 19.4 Å². The van der Waals surface area contributed by atoms with Crippen molar-refractivity contribution in [3.63, 3.8) is 0 Å². The highest BCUT2D eigenvalue weighted by Crippen LogP contribution is 1.98. The van der Waals surface area contributed by atoms with Gasteiger partial charge in [-0.25, -0.2) is 0 Å². The van der Waals surface area contributed by atoms with Gasteiger partial charge >= 0.3 is 0 Å². The lowest BCUT2D eigenvalue weighted by Gasteiger charge is -2.04. The second kappa shape index (κ2) is 5.17. The molecule has 3 heteroatoms. The summed E-state index contributed by atoms with van der Waals surface area (Å²) in [4.78, 5) is 21.4. The number of rotatable bonds is 5. The third-order valence-electron chi connectivity index (χ3n) is 1.96. The maximum absolute atomic E-state index is 11.3. The van der Waals surface area contributed by atoms with E-state index in [-0.39, 0.29) is 5.56 Å². The predicted octanol–water partition coefficient (Wildman–Crippen LogP) is 1.47. The fourth-order valence-electron chi connectivity index (χ4n) is 1.19. The monoisotopic (exact) mass is 191 g/mol. The maximum Gasteiger partial charge on any atom is 0.250 e. The molecule has 0 amide bonds. The van der Waals surface area contributed by atoms with E-state index in [4.69, 9.17) is 0 Å². The van der Waals surface area contributed by atoms with E-state index in [2.05, 4.69) is 6.58 Å². The number of carbonyl (C=O) groups excluding carboxylic acids is 1. The van der Waals surface area contributed by atoms with E-state index in [9.17, 15) is 9.59 Å². The second-order valence-corrected chi connectivity index (χ2v) is 3.01. The first-order valence-corrected chi connectivity index (χ1v) is 4.54. The topological polar surface area (TPSA) is 39.1 Å². The fourth-order valence-corrected chi connectivity index (χ4v) is 1.19. The second-order valence-electron chi connectivity index (χ2n) is 3.01. The molecule has 0 aliphatic heterocycles. The third-order valence-corrected chi connectivity index (χ3v) is 1.96. The lowest BCUT2D eigenvalue weighted by atomic mass is 10.2. The Hall–Kier alpha value is -1.64. The molecule has 74 valence electrons. The highest BCUT2D eigenvalue weighted by Gasteiger charge is 1.95. The Kier molecular flexibility index (Phi) is 3.85. The average molecular weight is 191 g/mol. The summed E-state index contributed by atoms with van der Waals surface area (Å²) in [5.41, 5.74) is 0.872. The first kappa shape index (κ1) is 10.4. The van der Waals surface area contributed by atoms with Gasteiger partial charge in [0.1, 0.15) is 6.29 Å². The molecular weight excluding hydrogens is 178 g/mol. The van der Waals surface area contributed by atoms with Crippen molar-refractivity contribution in [3.05, 3.63) is 40.8 Å². The number of carbonyl (C=O) groups is 1. The molecule has 0 saturated carbocycles. The number of hydrogen-bond acceptors (Lipinski definition) is 2. The summed E-state index contributed by atoms with van der Waals surface area (Å²) in [7, 11) is 0. The van der Waals surface area contributed by atoms with Gasteiger partial charge in [0.05, 0.1) is 0 Å². The zero-order chi connectivity index (χ0) is 10.4. The molecule has 3 nitrogen and oxygen atoms in total. The molecule has 1 aromatic rings. The van der Waals surface area contributed by atoms with E-state index < -0.39 is 0 Å². The Morgan fingerprint density at radius 2 is 2.21 bits per heavy atom. The molecule has 0 spiro atoms. The van der Waals surface area contributed by atoms with E-state index in [1.807, 2.05) is 0 Å². The zero-order valence-electron chi connectivity index (χ0n) is 7.98. The predicted molar refractivity (Wildman–Crippen MR) is 56.1 cm³/mol. The van der Waals surface area contributed by atoms with Gasteiger partial charge in [-0.05, 0) is 18.1 Å². The van der Waals surface area contributed by atoms with Crippen LogP contribution in [-0.2, 0) is 11.3 Å². The van der Waals surface area contributed by atoms with Crippen molar-refractivity contribution in [1.82, 2.24) is 4.57 Å².